The molecule has 1 fully saturated rings. The highest BCUT2D eigenvalue weighted by Crippen LogP contribution is 2.19. The van der Waals surface area contributed by atoms with Crippen LogP contribution in [-0.2, 0) is 6.54 Å². The lowest BCUT2D eigenvalue weighted by atomic mass is 10.2. The maximum Gasteiger partial charge on any atom is 0.226 e. The van der Waals surface area contributed by atoms with Gasteiger partial charge in [-0.1, -0.05) is 12.1 Å². The monoisotopic (exact) mass is 314 g/mol. The molecule has 3 rings (SSSR count). The zero-order chi connectivity index (χ0) is 16.1. The van der Waals surface area contributed by atoms with Crippen molar-refractivity contribution in [2.45, 2.75) is 19.0 Å². The lowest BCUT2D eigenvalue weighted by Crippen LogP contribution is -2.26. The Morgan fingerprint density at radius 1 is 1.26 bits per heavy atom. The number of likely N-dealkylation sites (tertiary alicyclic amines) is 1. The zero-order valence-electron chi connectivity index (χ0n) is 13.5. The fourth-order valence-corrected chi connectivity index (χ4v) is 2.83. The average molecular weight is 314 g/mol. The molecule has 1 unspecified atom stereocenters. The highest BCUT2D eigenvalue weighted by Gasteiger charge is 2.23. The molecule has 0 radical (unpaired) electrons. The highest BCUT2D eigenvalue weighted by molar-refractivity contribution is 5.30. The molecule has 1 aliphatic heterocycles. The van der Waals surface area contributed by atoms with Crippen LogP contribution >= 0.6 is 0 Å². The first-order chi connectivity index (χ1) is 11.3. The van der Waals surface area contributed by atoms with Crippen molar-refractivity contribution < 1.29 is 9.47 Å². The average Bonchev–Trinajstić information content (AvgIpc) is 3.02. The topological polar surface area (TPSA) is 59.5 Å². The van der Waals surface area contributed by atoms with E-state index in [0.29, 0.717) is 17.9 Å². The van der Waals surface area contributed by atoms with Gasteiger partial charge < -0.3 is 14.8 Å². The predicted molar refractivity (Wildman–Crippen MR) is 88.9 cm³/mol. The normalized spacial score (nSPS) is 17.9. The molecule has 1 aliphatic rings. The van der Waals surface area contributed by atoms with Crippen LogP contribution in [0.3, 0.4) is 0 Å². The SMILES string of the molecule is COc1cccc(CN2CCC(Nc3nccc(OC)n3)C2)c1. The number of nitrogens with one attached hydrogen (secondary N) is 1. The molecule has 1 aromatic carbocycles. The molecule has 23 heavy (non-hydrogen) atoms. The summed E-state index contributed by atoms with van der Waals surface area (Å²) in [5, 5.41) is 3.39. The molecule has 2 heterocycles. The van der Waals surface area contributed by atoms with Crippen molar-refractivity contribution in [2.24, 2.45) is 0 Å². The fraction of sp³-hybridized carbons (Fsp3) is 0.412. The molecule has 6 heteroatoms. The molecule has 0 saturated carbocycles. The Morgan fingerprint density at radius 3 is 3.00 bits per heavy atom. The minimum atomic E-state index is 0.354. The van der Waals surface area contributed by atoms with Crippen LogP contribution in [0, 0.1) is 0 Å². The van der Waals surface area contributed by atoms with Crippen LogP contribution in [0.15, 0.2) is 36.5 Å². The summed E-state index contributed by atoms with van der Waals surface area (Å²) in [6.45, 7) is 2.95. The molecule has 1 N–H and O–H groups in total. The summed E-state index contributed by atoms with van der Waals surface area (Å²) in [6, 6.07) is 10.3. The molecule has 122 valence electrons. The van der Waals surface area contributed by atoms with Gasteiger partial charge in [0.1, 0.15) is 5.75 Å². The number of ether oxygens (including phenoxy) is 2. The first kappa shape index (κ1) is 15.6. The zero-order valence-corrected chi connectivity index (χ0v) is 13.5. The van der Waals surface area contributed by atoms with Crippen molar-refractivity contribution >= 4 is 5.95 Å². The summed E-state index contributed by atoms with van der Waals surface area (Å²) < 4.78 is 10.4. The molecule has 0 spiro atoms. The predicted octanol–water partition coefficient (Wildman–Crippen LogP) is 2.18. The van der Waals surface area contributed by atoms with Crippen molar-refractivity contribution in [1.29, 1.82) is 0 Å². The largest absolute Gasteiger partial charge is 0.497 e. The van der Waals surface area contributed by atoms with Gasteiger partial charge in [0.15, 0.2) is 0 Å². The number of hydrogen-bond donors (Lipinski definition) is 1. The summed E-state index contributed by atoms with van der Waals surface area (Å²) >= 11 is 0. The second-order valence-corrected chi connectivity index (χ2v) is 5.64. The number of nitrogens with zero attached hydrogens (tertiary/aromatic N) is 3. The van der Waals surface area contributed by atoms with E-state index in [-0.39, 0.29) is 0 Å². The third-order valence-electron chi connectivity index (χ3n) is 3.99. The van der Waals surface area contributed by atoms with Crippen molar-refractivity contribution in [3.8, 4) is 11.6 Å². The molecule has 1 saturated heterocycles. The van der Waals surface area contributed by atoms with Crippen LogP contribution in [0.5, 0.6) is 11.6 Å². The summed E-state index contributed by atoms with van der Waals surface area (Å²) in [5.41, 5.74) is 1.27. The summed E-state index contributed by atoms with van der Waals surface area (Å²) in [6.07, 6.45) is 2.78. The van der Waals surface area contributed by atoms with Crippen LogP contribution in [0.4, 0.5) is 5.95 Å². The number of aromatic nitrogens is 2. The van der Waals surface area contributed by atoms with Gasteiger partial charge >= 0.3 is 0 Å². The number of methoxy groups -OCH3 is 2. The van der Waals surface area contributed by atoms with Gasteiger partial charge in [-0.2, -0.15) is 4.98 Å². The Labute approximate surface area is 136 Å². The number of benzene rings is 1. The molecule has 0 aliphatic carbocycles. The van der Waals surface area contributed by atoms with Gasteiger partial charge in [0.2, 0.25) is 11.8 Å². The van der Waals surface area contributed by atoms with Gasteiger partial charge in [-0.05, 0) is 24.1 Å². The van der Waals surface area contributed by atoms with Gasteiger partial charge in [-0.25, -0.2) is 4.98 Å². The van der Waals surface area contributed by atoms with Crippen LogP contribution in [0.1, 0.15) is 12.0 Å². The Kier molecular flexibility index (Phi) is 4.92. The van der Waals surface area contributed by atoms with Gasteiger partial charge in [0, 0.05) is 37.9 Å². The third-order valence-corrected chi connectivity index (χ3v) is 3.99. The van der Waals surface area contributed by atoms with E-state index < -0.39 is 0 Å². The van der Waals surface area contributed by atoms with E-state index in [0.717, 1.165) is 31.8 Å². The Morgan fingerprint density at radius 2 is 2.17 bits per heavy atom. The van der Waals surface area contributed by atoms with E-state index in [4.69, 9.17) is 9.47 Å². The first-order valence-electron chi connectivity index (χ1n) is 7.75. The van der Waals surface area contributed by atoms with Gasteiger partial charge in [0.25, 0.3) is 0 Å². The molecule has 2 aromatic rings. The lowest BCUT2D eigenvalue weighted by molar-refractivity contribution is 0.327. The van der Waals surface area contributed by atoms with Gasteiger partial charge in [-0.15, -0.1) is 0 Å². The highest BCUT2D eigenvalue weighted by atomic mass is 16.5. The van der Waals surface area contributed by atoms with Gasteiger partial charge in [-0.3, -0.25) is 4.90 Å². The molecule has 0 amide bonds. The molecule has 1 atom stereocenters. The standard InChI is InChI=1S/C17H22N4O2/c1-22-15-5-3-4-13(10-15)11-21-9-7-14(12-21)19-17-18-8-6-16(20-17)23-2/h3-6,8,10,14H,7,9,11-12H2,1-2H3,(H,18,19,20). The van der Waals surface area contributed by atoms with E-state index in [1.807, 2.05) is 12.1 Å². The lowest BCUT2D eigenvalue weighted by Gasteiger charge is -2.17. The van der Waals surface area contributed by atoms with Crippen molar-refractivity contribution in [1.82, 2.24) is 14.9 Å². The second-order valence-electron chi connectivity index (χ2n) is 5.64. The van der Waals surface area contributed by atoms with Crippen LogP contribution in [0.25, 0.3) is 0 Å². The van der Waals surface area contributed by atoms with Crippen LogP contribution in [-0.4, -0.2) is 48.2 Å². The summed E-state index contributed by atoms with van der Waals surface area (Å²) in [5.74, 6) is 2.10. The van der Waals surface area contributed by atoms with E-state index in [1.54, 1.807) is 26.5 Å². The van der Waals surface area contributed by atoms with E-state index in [2.05, 4.69) is 32.3 Å². The number of rotatable bonds is 6. The molecular weight excluding hydrogens is 292 g/mol. The van der Waals surface area contributed by atoms with E-state index >= 15 is 0 Å². The Balaban J connectivity index is 1.55. The minimum absolute atomic E-state index is 0.354. The Bertz CT molecular complexity index is 594. The fourth-order valence-electron chi connectivity index (χ4n) is 2.83. The summed E-state index contributed by atoms with van der Waals surface area (Å²) in [4.78, 5) is 11.0. The third kappa shape index (κ3) is 4.10. The maximum absolute atomic E-state index is 5.28. The van der Waals surface area contributed by atoms with E-state index in [9.17, 15) is 0 Å². The number of anilines is 1. The van der Waals surface area contributed by atoms with Crippen LogP contribution in [0.2, 0.25) is 0 Å². The second kappa shape index (κ2) is 7.28. The van der Waals surface area contributed by atoms with Crippen molar-refractivity contribution in [2.75, 3.05) is 32.6 Å². The smallest absolute Gasteiger partial charge is 0.226 e. The first-order valence-corrected chi connectivity index (χ1v) is 7.75. The van der Waals surface area contributed by atoms with Gasteiger partial charge in [0.05, 0.1) is 14.2 Å². The molecule has 0 bridgehead atoms. The van der Waals surface area contributed by atoms with E-state index in [1.165, 1.54) is 5.56 Å². The quantitative estimate of drug-likeness (QED) is 0.882. The Hall–Kier alpha value is -2.34. The maximum atomic E-state index is 5.28. The van der Waals surface area contributed by atoms with Crippen LogP contribution < -0.4 is 14.8 Å². The summed E-state index contributed by atoms with van der Waals surface area (Å²) in [7, 11) is 3.31. The van der Waals surface area contributed by atoms with Crippen molar-refractivity contribution in [3.05, 3.63) is 42.1 Å². The molecular formula is C17H22N4O2. The van der Waals surface area contributed by atoms with Crippen molar-refractivity contribution in [3.63, 3.8) is 0 Å². The molecule has 1 aromatic heterocycles. The minimum Gasteiger partial charge on any atom is -0.497 e. The molecule has 6 nitrogen and oxygen atoms in total. The number of hydrogen-bond acceptors (Lipinski definition) is 6.